The van der Waals surface area contributed by atoms with E-state index in [2.05, 4.69) is 6.07 Å². The minimum absolute atomic E-state index is 0.220. The van der Waals surface area contributed by atoms with E-state index in [9.17, 15) is 5.11 Å². The lowest BCUT2D eigenvalue weighted by atomic mass is 9.98. The highest BCUT2D eigenvalue weighted by molar-refractivity contribution is 6.33. The van der Waals surface area contributed by atoms with E-state index < -0.39 is 0 Å². The van der Waals surface area contributed by atoms with E-state index in [4.69, 9.17) is 17.3 Å². The van der Waals surface area contributed by atoms with Gasteiger partial charge >= 0.3 is 0 Å². The third kappa shape index (κ3) is 1.28. The number of aromatic hydroxyl groups is 1. The Morgan fingerprint density at radius 3 is 2.73 bits per heavy atom. The summed E-state index contributed by atoms with van der Waals surface area (Å²) >= 11 is 6.17. The maximum absolute atomic E-state index is 10.0. The average molecular weight is 224 g/mol. The molecule has 3 N–H and O–H groups in total. The molecule has 0 atom stereocenters. The van der Waals surface area contributed by atoms with Crippen LogP contribution in [0.4, 0.5) is 0 Å². The standard InChI is InChI=1S/C12H14ClNO/c13-10-8-3-1-2-7(8)6-9(11(10)15)12(14)4-5-12/h6,15H,1-5,14H2. The first kappa shape index (κ1) is 9.49. The van der Waals surface area contributed by atoms with Gasteiger partial charge in [-0.05, 0) is 49.3 Å². The second-order valence-corrected chi connectivity index (χ2v) is 5.11. The molecule has 0 bridgehead atoms. The Morgan fingerprint density at radius 2 is 2.07 bits per heavy atom. The molecule has 0 aliphatic heterocycles. The second-order valence-electron chi connectivity index (χ2n) is 4.73. The zero-order chi connectivity index (χ0) is 10.6. The first-order valence-corrected chi connectivity index (χ1v) is 5.82. The topological polar surface area (TPSA) is 46.2 Å². The average Bonchev–Trinajstić information content (AvgIpc) is 2.80. The third-order valence-corrected chi connectivity index (χ3v) is 4.04. The lowest BCUT2D eigenvalue weighted by Gasteiger charge is -2.15. The van der Waals surface area contributed by atoms with Gasteiger partial charge in [-0.2, -0.15) is 0 Å². The fourth-order valence-electron chi connectivity index (χ4n) is 2.46. The van der Waals surface area contributed by atoms with Crippen LogP contribution in [0.3, 0.4) is 0 Å². The summed E-state index contributed by atoms with van der Waals surface area (Å²) < 4.78 is 0. The van der Waals surface area contributed by atoms with Gasteiger partial charge in [0.25, 0.3) is 0 Å². The Hall–Kier alpha value is -0.730. The summed E-state index contributed by atoms with van der Waals surface area (Å²) in [6.45, 7) is 0. The van der Waals surface area contributed by atoms with Gasteiger partial charge in [0.2, 0.25) is 0 Å². The number of benzene rings is 1. The summed E-state index contributed by atoms with van der Waals surface area (Å²) in [7, 11) is 0. The monoisotopic (exact) mass is 223 g/mol. The molecule has 0 heterocycles. The summed E-state index contributed by atoms with van der Waals surface area (Å²) in [5.74, 6) is 0.220. The van der Waals surface area contributed by atoms with Crippen LogP contribution in [0.15, 0.2) is 6.07 Å². The van der Waals surface area contributed by atoms with Gasteiger partial charge in [-0.25, -0.2) is 0 Å². The van der Waals surface area contributed by atoms with Gasteiger partial charge in [-0.15, -0.1) is 0 Å². The molecule has 0 spiro atoms. The number of halogens is 1. The molecule has 2 aliphatic carbocycles. The number of fused-ring (bicyclic) bond motifs is 1. The van der Waals surface area contributed by atoms with Crippen molar-refractivity contribution in [3.8, 4) is 5.75 Å². The molecule has 1 fully saturated rings. The molecule has 1 aromatic rings. The minimum Gasteiger partial charge on any atom is -0.506 e. The van der Waals surface area contributed by atoms with Crippen molar-refractivity contribution in [3.05, 3.63) is 27.8 Å². The molecular formula is C12H14ClNO. The second kappa shape index (κ2) is 2.89. The van der Waals surface area contributed by atoms with E-state index in [1.807, 2.05) is 0 Å². The zero-order valence-electron chi connectivity index (χ0n) is 8.52. The van der Waals surface area contributed by atoms with Gasteiger partial charge in [0.15, 0.2) is 0 Å². The van der Waals surface area contributed by atoms with Crippen LogP contribution < -0.4 is 5.73 Å². The molecule has 80 valence electrons. The quantitative estimate of drug-likeness (QED) is 0.769. The number of nitrogens with two attached hydrogens (primary N) is 1. The predicted molar refractivity (Wildman–Crippen MR) is 60.2 cm³/mol. The van der Waals surface area contributed by atoms with E-state index in [1.165, 1.54) is 5.56 Å². The predicted octanol–water partition coefficient (Wildman–Crippen LogP) is 2.48. The smallest absolute Gasteiger partial charge is 0.139 e. The molecule has 0 unspecified atom stereocenters. The van der Waals surface area contributed by atoms with E-state index >= 15 is 0 Å². The van der Waals surface area contributed by atoms with Crippen molar-refractivity contribution < 1.29 is 5.11 Å². The first-order chi connectivity index (χ1) is 7.12. The normalized spacial score (nSPS) is 21.5. The van der Waals surface area contributed by atoms with Crippen LogP contribution >= 0.6 is 11.6 Å². The highest BCUT2D eigenvalue weighted by atomic mass is 35.5. The van der Waals surface area contributed by atoms with Gasteiger partial charge in [0.05, 0.1) is 5.02 Å². The third-order valence-electron chi connectivity index (χ3n) is 3.63. The van der Waals surface area contributed by atoms with Crippen LogP contribution in [0.2, 0.25) is 5.02 Å². The van der Waals surface area contributed by atoms with Gasteiger partial charge < -0.3 is 10.8 Å². The Labute approximate surface area is 94.0 Å². The summed E-state index contributed by atoms with van der Waals surface area (Å²) in [6.07, 6.45) is 5.10. The maximum Gasteiger partial charge on any atom is 0.139 e. The van der Waals surface area contributed by atoms with E-state index in [0.29, 0.717) is 5.02 Å². The Kier molecular flexibility index (Phi) is 1.83. The highest BCUT2D eigenvalue weighted by Crippen LogP contribution is 2.50. The maximum atomic E-state index is 10.0. The Morgan fingerprint density at radius 1 is 1.33 bits per heavy atom. The largest absolute Gasteiger partial charge is 0.506 e. The van der Waals surface area contributed by atoms with Crippen molar-refractivity contribution in [3.63, 3.8) is 0 Å². The number of phenolic OH excluding ortho intramolecular Hbond substituents is 1. The highest BCUT2D eigenvalue weighted by Gasteiger charge is 2.43. The van der Waals surface area contributed by atoms with Crippen LogP contribution in [0.1, 0.15) is 36.0 Å². The summed E-state index contributed by atoms with van der Waals surface area (Å²) in [5.41, 5.74) is 9.08. The molecule has 1 aromatic carbocycles. The SMILES string of the molecule is NC1(c2cc3c(c(Cl)c2O)CCC3)CC1. The molecule has 1 saturated carbocycles. The minimum atomic E-state index is -0.300. The van der Waals surface area contributed by atoms with Gasteiger partial charge in [-0.3, -0.25) is 0 Å². The van der Waals surface area contributed by atoms with Crippen molar-refractivity contribution >= 4 is 11.6 Å². The molecule has 0 saturated heterocycles. The summed E-state index contributed by atoms with van der Waals surface area (Å²) in [6, 6.07) is 2.07. The van der Waals surface area contributed by atoms with E-state index in [-0.39, 0.29) is 11.3 Å². The molecule has 0 aromatic heterocycles. The van der Waals surface area contributed by atoms with Gasteiger partial charge in [-0.1, -0.05) is 11.6 Å². The number of phenols is 1. The summed E-state index contributed by atoms with van der Waals surface area (Å²) in [5, 5.41) is 10.6. The Bertz CT molecular complexity index is 438. The molecule has 2 nitrogen and oxygen atoms in total. The van der Waals surface area contributed by atoms with Crippen molar-refractivity contribution in [2.45, 2.75) is 37.6 Å². The van der Waals surface area contributed by atoms with Crippen LogP contribution in [0.5, 0.6) is 5.75 Å². The Balaban J connectivity index is 2.20. The fraction of sp³-hybridized carbons (Fsp3) is 0.500. The van der Waals surface area contributed by atoms with E-state index in [0.717, 1.165) is 43.2 Å². The molecule has 0 radical (unpaired) electrons. The van der Waals surface area contributed by atoms with Crippen molar-refractivity contribution in [2.24, 2.45) is 5.73 Å². The molecule has 3 rings (SSSR count). The number of aryl methyl sites for hydroxylation is 1. The molecule has 15 heavy (non-hydrogen) atoms. The number of hydrogen-bond acceptors (Lipinski definition) is 2. The van der Waals surface area contributed by atoms with Gasteiger partial charge in [0.1, 0.15) is 5.75 Å². The molecule has 3 heteroatoms. The fourth-order valence-corrected chi connectivity index (χ4v) is 2.78. The zero-order valence-corrected chi connectivity index (χ0v) is 9.27. The molecular weight excluding hydrogens is 210 g/mol. The first-order valence-electron chi connectivity index (χ1n) is 5.44. The molecule has 0 amide bonds. The van der Waals surface area contributed by atoms with Crippen LogP contribution in [0.25, 0.3) is 0 Å². The van der Waals surface area contributed by atoms with Crippen molar-refractivity contribution in [2.75, 3.05) is 0 Å². The van der Waals surface area contributed by atoms with E-state index in [1.54, 1.807) is 0 Å². The lowest BCUT2D eigenvalue weighted by molar-refractivity contribution is 0.459. The van der Waals surface area contributed by atoms with Crippen molar-refractivity contribution in [1.82, 2.24) is 0 Å². The van der Waals surface area contributed by atoms with Crippen molar-refractivity contribution in [1.29, 1.82) is 0 Å². The van der Waals surface area contributed by atoms with Gasteiger partial charge in [0, 0.05) is 11.1 Å². The lowest BCUT2D eigenvalue weighted by Crippen LogP contribution is -2.19. The van der Waals surface area contributed by atoms with Crippen LogP contribution in [-0.2, 0) is 18.4 Å². The van der Waals surface area contributed by atoms with Crippen LogP contribution in [-0.4, -0.2) is 5.11 Å². The summed E-state index contributed by atoms with van der Waals surface area (Å²) in [4.78, 5) is 0. The molecule has 2 aliphatic rings. The van der Waals surface area contributed by atoms with Crippen LogP contribution in [0, 0.1) is 0 Å². The number of rotatable bonds is 1. The number of hydrogen-bond donors (Lipinski definition) is 2.